The molecule has 136 valence electrons. The third kappa shape index (κ3) is 7.82. The van der Waals surface area contributed by atoms with E-state index in [0.717, 1.165) is 24.3 Å². The van der Waals surface area contributed by atoms with Crippen molar-refractivity contribution in [3.63, 3.8) is 0 Å². The van der Waals surface area contributed by atoms with Crippen LogP contribution in [0, 0.1) is 5.92 Å². The van der Waals surface area contributed by atoms with Crippen LogP contribution in [0.3, 0.4) is 0 Å². The first-order valence-corrected chi connectivity index (χ1v) is 10.3. The molecule has 0 amide bonds. The van der Waals surface area contributed by atoms with Crippen LogP contribution in [-0.2, 0) is 0 Å². The Morgan fingerprint density at radius 2 is 2.04 bits per heavy atom. The molecule has 1 saturated heterocycles. The molecule has 0 aromatic rings. The van der Waals surface area contributed by atoms with Gasteiger partial charge in [-0.1, -0.05) is 6.92 Å². The second-order valence-corrected chi connectivity index (χ2v) is 7.98. The Balaban J connectivity index is 0.00000264. The molecule has 2 N–H and O–H groups in total. The van der Waals surface area contributed by atoms with Crippen molar-refractivity contribution in [1.82, 2.24) is 15.5 Å². The van der Waals surface area contributed by atoms with Gasteiger partial charge in [-0.15, -0.1) is 24.0 Å². The van der Waals surface area contributed by atoms with E-state index in [2.05, 4.69) is 35.6 Å². The molecule has 0 radical (unpaired) electrons. The Hall–Kier alpha value is 0.310. The lowest BCUT2D eigenvalue weighted by molar-refractivity contribution is 0.291. The zero-order chi connectivity index (χ0) is 15.8. The Bertz CT molecular complexity index is 347. The number of nitrogens with zero attached hydrogens (tertiary/aromatic N) is 2. The largest absolute Gasteiger partial charge is 0.357 e. The molecular formula is C17H35IN4S. The number of thioether (sulfide) groups is 1. The standard InChI is InChI=1S/C17H34N4S.HI/c1-4-18-17(20-15-7-8-16(11-15)22-3)19-12-14(2)13-21-9-5-6-10-21;/h14-16H,4-13H2,1-3H3,(H2,18,19,20);1H. The summed E-state index contributed by atoms with van der Waals surface area (Å²) in [5.74, 6) is 1.65. The number of likely N-dealkylation sites (tertiary alicyclic amines) is 1. The van der Waals surface area contributed by atoms with Crippen LogP contribution in [0.15, 0.2) is 4.99 Å². The lowest BCUT2D eigenvalue weighted by atomic mass is 10.2. The fourth-order valence-corrected chi connectivity index (χ4v) is 4.31. The summed E-state index contributed by atoms with van der Waals surface area (Å²) in [6.45, 7) is 10.1. The number of rotatable bonds is 7. The van der Waals surface area contributed by atoms with E-state index in [4.69, 9.17) is 4.99 Å². The molecule has 0 spiro atoms. The van der Waals surface area contributed by atoms with Crippen LogP contribution < -0.4 is 10.6 Å². The van der Waals surface area contributed by atoms with Crippen LogP contribution in [0.4, 0.5) is 0 Å². The van der Waals surface area contributed by atoms with Gasteiger partial charge in [-0.05, 0) is 64.3 Å². The minimum absolute atomic E-state index is 0. The van der Waals surface area contributed by atoms with Crippen LogP contribution in [0.2, 0.25) is 0 Å². The van der Waals surface area contributed by atoms with Crippen molar-refractivity contribution in [2.75, 3.05) is 39.0 Å². The highest BCUT2D eigenvalue weighted by atomic mass is 127. The van der Waals surface area contributed by atoms with Crippen molar-refractivity contribution in [2.24, 2.45) is 10.9 Å². The summed E-state index contributed by atoms with van der Waals surface area (Å²) in [5.41, 5.74) is 0. The van der Waals surface area contributed by atoms with Crippen molar-refractivity contribution in [3.8, 4) is 0 Å². The van der Waals surface area contributed by atoms with E-state index >= 15 is 0 Å². The Labute approximate surface area is 164 Å². The van der Waals surface area contributed by atoms with E-state index in [-0.39, 0.29) is 24.0 Å². The van der Waals surface area contributed by atoms with Gasteiger partial charge in [-0.3, -0.25) is 4.99 Å². The molecule has 1 saturated carbocycles. The average Bonchev–Trinajstić information content (AvgIpc) is 3.16. The predicted octanol–water partition coefficient (Wildman–Crippen LogP) is 3.18. The zero-order valence-electron chi connectivity index (χ0n) is 15.0. The van der Waals surface area contributed by atoms with Gasteiger partial charge in [-0.25, -0.2) is 0 Å². The van der Waals surface area contributed by atoms with Crippen LogP contribution in [0.1, 0.15) is 46.0 Å². The van der Waals surface area contributed by atoms with E-state index in [9.17, 15) is 0 Å². The molecule has 23 heavy (non-hydrogen) atoms. The van der Waals surface area contributed by atoms with Crippen molar-refractivity contribution >= 4 is 41.7 Å². The fourth-order valence-electron chi connectivity index (χ4n) is 3.51. The molecular weight excluding hydrogens is 419 g/mol. The van der Waals surface area contributed by atoms with Crippen molar-refractivity contribution in [1.29, 1.82) is 0 Å². The topological polar surface area (TPSA) is 39.7 Å². The maximum absolute atomic E-state index is 4.83. The second kappa shape index (κ2) is 11.8. The van der Waals surface area contributed by atoms with E-state index in [1.165, 1.54) is 51.7 Å². The highest BCUT2D eigenvalue weighted by Gasteiger charge is 2.24. The number of guanidine groups is 1. The third-order valence-electron chi connectivity index (χ3n) is 4.73. The van der Waals surface area contributed by atoms with Crippen molar-refractivity contribution in [3.05, 3.63) is 0 Å². The van der Waals surface area contributed by atoms with Gasteiger partial charge in [-0.2, -0.15) is 11.8 Å². The van der Waals surface area contributed by atoms with Crippen LogP contribution in [0.25, 0.3) is 0 Å². The normalized spacial score (nSPS) is 26.8. The quantitative estimate of drug-likeness (QED) is 0.352. The first kappa shape index (κ1) is 21.4. The summed E-state index contributed by atoms with van der Waals surface area (Å²) >= 11 is 2.01. The number of hydrogen-bond acceptors (Lipinski definition) is 3. The summed E-state index contributed by atoms with van der Waals surface area (Å²) in [4.78, 5) is 7.41. The minimum Gasteiger partial charge on any atom is -0.357 e. The molecule has 2 aliphatic rings. The smallest absolute Gasteiger partial charge is 0.191 e. The van der Waals surface area contributed by atoms with Gasteiger partial charge in [0.05, 0.1) is 0 Å². The molecule has 0 aromatic carbocycles. The molecule has 1 aliphatic heterocycles. The minimum atomic E-state index is 0. The lowest BCUT2D eigenvalue weighted by Crippen LogP contribution is -2.43. The highest BCUT2D eigenvalue weighted by Crippen LogP contribution is 2.28. The molecule has 0 bridgehead atoms. The van der Waals surface area contributed by atoms with Gasteiger partial charge < -0.3 is 15.5 Å². The molecule has 2 fully saturated rings. The third-order valence-corrected chi connectivity index (χ3v) is 5.83. The average molecular weight is 454 g/mol. The summed E-state index contributed by atoms with van der Waals surface area (Å²) < 4.78 is 0. The maximum Gasteiger partial charge on any atom is 0.191 e. The molecule has 1 heterocycles. The number of aliphatic imine (C=N–C) groups is 1. The molecule has 6 heteroatoms. The van der Waals surface area contributed by atoms with E-state index in [1.807, 2.05) is 11.8 Å². The molecule has 2 rings (SSSR count). The Morgan fingerprint density at radius 3 is 2.65 bits per heavy atom. The highest BCUT2D eigenvalue weighted by molar-refractivity contribution is 14.0. The molecule has 0 aromatic heterocycles. The van der Waals surface area contributed by atoms with E-state index < -0.39 is 0 Å². The van der Waals surface area contributed by atoms with Crippen molar-refractivity contribution in [2.45, 2.75) is 57.2 Å². The van der Waals surface area contributed by atoms with Gasteiger partial charge in [0.1, 0.15) is 0 Å². The number of nitrogens with one attached hydrogen (secondary N) is 2. The molecule has 3 unspecified atom stereocenters. The number of hydrogen-bond donors (Lipinski definition) is 2. The van der Waals surface area contributed by atoms with Crippen LogP contribution in [0.5, 0.6) is 0 Å². The first-order valence-electron chi connectivity index (χ1n) is 9.01. The predicted molar refractivity (Wildman–Crippen MR) is 114 cm³/mol. The zero-order valence-corrected chi connectivity index (χ0v) is 18.2. The van der Waals surface area contributed by atoms with Gasteiger partial charge in [0.15, 0.2) is 5.96 Å². The van der Waals surface area contributed by atoms with E-state index in [0.29, 0.717) is 12.0 Å². The Kier molecular flexibility index (Phi) is 10.9. The Morgan fingerprint density at radius 1 is 1.30 bits per heavy atom. The lowest BCUT2D eigenvalue weighted by Gasteiger charge is -2.20. The molecule has 3 atom stereocenters. The first-order chi connectivity index (χ1) is 10.7. The van der Waals surface area contributed by atoms with Gasteiger partial charge >= 0.3 is 0 Å². The van der Waals surface area contributed by atoms with Gasteiger partial charge in [0.2, 0.25) is 0 Å². The van der Waals surface area contributed by atoms with Gasteiger partial charge in [0.25, 0.3) is 0 Å². The van der Waals surface area contributed by atoms with Crippen LogP contribution >= 0.6 is 35.7 Å². The van der Waals surface area contributed by atoms with Crippen molar-refractivity contribution < 1.29 is 0 Å². The summed E-state index contributed by atoms with van der Waals surface area (Å²) in [6, 6.07) is 0.601. The SMILES string of the molecule is CCNC(=NCC(C)CN1CCCC1)NC1CCC(SC)C1.I. The van der Waals surface area contributed by atoms with Crippen LogP contribution in [-0.4, -0.2) is 61.1 Å². The summed E-state index contributed by atoms with van der Waals surface area (Å²) in [7, 11) is 0. The van der Waals surface area contributed by atoms with Gasteiger partial charge in [0, 0.05) is 30.9 Å². The summed E-state index contributed by atoms with van der Waals surface area (Å²) in [5, 5.41) is 7.88. The second-order valence-electron chi connectivity index (χ2n) is 6.84. The summed E-state index contributed by atoms with van der Waals surface area (Å²) in [6.07, 6.45) is 8.86. The molecule has 4 nitrogen and oxygen atoms in total. The van der Waals surface area contributed by atoms with E-state index in [1.54, 1.807) is 0 Å². The maximum atomic E-state index is 4.83. The monoisotopic (exact) mass is 454 g/mol. The molecule has 1 aliphatic carbocycles. The fraction of sp³-hybridized carbons (Fsp3) is 0.941. The number of halogens is 1.